The SMILES string of the molecule is Cc1cccc(C)c1-c1cc2nc(n1)NS(=O)(=O)c1cccc(c1)CC(C(C)C[C@]1(C)C[C@@H](NCC(F)(F)F)C1)[C@H](CC1(C(F)(F)F)CC1)CO2. The van der Waals surface area contributed by atoms with E-state index in [2.05, 4.69) is 20.0 Å². The second kappa shape index (κ2) is 13.5. The molecule has 2 fully saturated rings. The average molecular weight is 739 g/mol. The fraction of sp³-hybridized carbons (Fsp3) is 0.568. The molecule has 2 heterocycles. The first-order valence-corrected chi connectivity index (χ1v) is 18.8. The number of benzene rings is 2. The van der Waals surface area contributed by atoms with Crippen LogP contribution in [0.5, 0.6) is 5.88 Å². The number of sulfonamides is 1. The Balaban J connectivity index is 1.39. The van der Waals surface area contributed by atoms with Crippen molar-refractivity contribution in [1.29, 1.82) is 0 Å². The van der Waals surface area contributed by atoms with Crippen molar-refractivity contribution in [2.75, 3.05) is 17.9 Å². The number of ether oxygens (including phenoxy) is 1. The zero-order chi connectivity index (χ0) is 37.0. The molecule has 0 saturated heterocycles. The maximum atomic E-state index is 14.5. The number of anilines is 1. The Morgan fingerprint density at radius 3 is 2.29 bits per heavy atom. The quantitative estimate of drug-likeness (QED) is 0.225. The zero-order valence-electron chi connectivity index (χ0n) is 29.1. The van der Waals surface area contributed by atoms with E-state index in [4.69, 9.17) is 4.74 Å². The Bertz CT molecular complexity index is 1840. The van der Waals surface area contributed by atoms with Crippen molar-refractivity contribution in [3.8, 4) is 17.1 Å². The summed E-state index contributed by atoms with van der Waals surface area (Å²) in [4.78, 5) is 8.87. The largest absolute Gasteiger partial charge is 0.477 e. The molecule has 2 N–H and O–H groups in total. The van der Waals surface area contributed by atoms with Gasteiger partial charge in [0.05, 0.1) is 29.2 Å². The third-order valence-electron chi connectivity index (χ3n) is 11.1. The molecule has 3 aliphatic rings. The summed E-state index contributed by atoms with van der Waals surface area (Å²) in [6.07, 6.45) is -6.98. The predicted octanol–water partition coefficient (Wildman–Crippen LogP) is 8.81. The van der Waals surface area contributed by atoms with Crippen molar-refractivity contribution in [2.24, 2.45) is 28.6 Å². The molecule has 7 nitrogen and oxygen atoms in total. The van der Waals surface area contributed by atoms with Crippen LogP contribution in [0, 0.1) is 42.4 Å². The maximum Gasteiger partial charge on any atom is 0.401 e. The number of rotatable bonds is 8. The minimum Gasteiger partial charge on any atom is -0.477 e. The third-order valence-corrected chi connectivity index (χ3v) is 12.4. The molecule has 2 aliphatic carbocycles. The average Bonchev–Trinajstić information content (AvgIpc) is 3.80. The van der Waals surface area contributed by atoms with Gasteiger partial charge < -0.3 is 10.1 Å². The Kier molecular flexibility index (Phi) is 9.92. The highest BCUT2D eigenvalue weighted by atomic mass is 32.2. The Morgan fingerprint density at radius 1 is 1.00 bits per heavy atom. The zero-order valence-corrected chi connectivity index (χ0v) is 29.9. The minimum absolute atomic E-state index is 0.0182. The van der Waals surface area contributed by atoms with E-state index < -0.39 is 40.3 Å². The first-order valence-electron chi connectivity index (χ1n) is 17.3. The smallest absolute Gasteiger partial charge is 0.401 e. The number of aryl methyl sites for hydroxylation is 2. The number of aromatic nitrogens is 2. The molecule has 6 rings (SSSR count). The monoisotopic (exact) mass is 738 g/mol. The van der Waals surface area contributed by atoms with E-state index in [0.717, 1.165) is 16.7 Å². The van der Waals surface area contributed by atoms with Crippen LogP contribution in [-0.4, -0.2) is 49.9 Å². The Labute approximate surface area is 295 Å². The number of halogens is 6. The van der Waals surface area contributed by atoms with Gasteiger partial charge in [0, 0.05) is 17.7 Å². The summed E-state index contributed by atoms with van der Waals surface area (Å²) in [6, 6.07) is 13.3. The predicted molar refractivity (Wildman–Crippen MR) is 182 cm³/mol. The van der Waals surface area contributed by atoms with E-state index in [0.29, 0.717) is 30.5 Å². The van der Waals surface area contributed by atoms with E-state index in [1.807, 2.05) is 45.9 Å². The highest BCUT2D eigenvalue weighted by Crippen LogP contribution is 2.62. The highest BCUT2D eigenvalue weighted by molar-refractivity contribution is 7.92. The topological polar surface area (TPSA) is 93.2 Å². The van der Waals surface area contributed by atoms with Gasteiger partial charge in [0.2, 0.25) is 11.8 Å². The molecular formula is C37H44F6N4O3S. The third kappa shape index (κ3) is 8.48. The molecule has 14 heteroatoms. The summed E-state index contributed by atoms with van der Waals surface area (Å²) >= 11 is 0. The van der Waals surface area contributed by atoms with Gasteiger partial charge in [0.15, 0.2) is 0 Å². The van der Waals surface area contributed by atoms with Gasteiger partial charge in [0.25, 0.3) is 10.0 Å². The number of alkyl halides is 6. The second-order valence-corrected chi connectivity index (χ2v) is 17.1. The van der Waals surface area contributed by atoms with Crippen molar-refractivity contribution >= 4 is 16.0 Å². The fourth-order valence-electron chi connectivity index (χ4n) is 8.43. The van der Waals surface area contributed by atoms with E-state index in [-0.39, 0.29) is 72.3 Å². The van der Waals surface area contributed by atoms with Gasteiger partial charge >= 0.3 is 12.4 Å². The molecular weight excluding hydrogens is 694 g/mol. The maximum absolute atomic E-state index is 14.5. The Hall–Kier alpha value is -3.39. The number of hydrogen-bond acceptors (Lipinski definition) is 6. The van der Waals surface area contributed by atoms with E-state index in [1.54, 1.807) is 18.2 Å². The van der Waals surface area contributed by atoms with Gasteiger partial charge in [-0.3, -0.25) is 0 Å². The van der Waals surface area contributed by atoms with Gasteiger partial charge in [-0.2, -0.15) is 31.3 Å². The summed E-state index contributed by atoms with van der Waals surface area (Å²) in [5, 5.41) is 2.58. The number of fused-ring (bicyclic) bond motifs is 4. The normalized spacial score (nSPS) is 26.3. The Morgan fingerprint density at radius 2 is 1.67 bits per heavy atom. The van der Waals surface area contributed by atoms with Crippen molar-refractivity contribution in [3.63, 3.8) is 0 Å². The van der Waals surface area contributed by atoms with E-state index in [1.165, 1.54) is 12.1 Å². The lowest BCUT2D eigenvalue weighted by Crippen LogP contribution is -2.51. The van der Waals surface area contributed by atoms with Crippen LogP contribution in [0.1, 0.15) is 69.1 Å². The molecule has 3 aromatic rings. The van der Waals surface area contributed by atoms with Gasteiger partial charge in [-0.1, -0.05) is 44.2 Å². The van der Waals surface area contributed by atoms with Crippen LogP contribution in [0.2, 0.25) is 0 Å². The van der Waals surface area contributed by atoms with Crippen LogP contribution >= 0.6 is 0 Å². The fourth-order valence-corrected chi connectivity index (χ4v) is 9.44. The molecule has 51 heavy (non-hydrogen) atoms. The first kappa shape index (κ1) is 37.4. The van der Waals surface area contributed by atoms with E-state index in [9.17, 15) is 34.8 Å². The summed E-state index contributed by atoms with van der Waals surface area (Å²) in [6.45, 7) is 6.61. The van der Waals surface area contributed by atoms with Gasteiger partial charge in [-0.15, -0.1) is 0 Å². The molecule has 1 aromatic heterocycles. The lowest BCUT2D eigenvalue weighted by molar-refractivity contribution is -0.194. The molecule has 2 saturated carbocycles. The van der Waals surface area contributed by atoms with Crippen LogP contribution < -0.4 is 14.8 Å². The van der Waals surface area contributed by atoms with Crippen LogP contribution in [0.25, 0.3) is 11.3 Å². The van der Waals surface area contributed by atoms with Crippen molar-refractivity contribution in [3.05, 3.63) is 65.2 Å². The molecule has 278 valence electrons. The summed E-state index contributed by atoms with van der Waals surface area (Å²) in [7, 11) is -4.18. The van der Waals surface area contributed by atoms with Crippen LogP contribution in [0.15, 0.2) is 53.4 Å². The standard InChI is InChI=1S/C37H44F6N4O3S/c1-22-7-5-8-23(2)32(22)30-15-31-46-33(45-30)47-51(48,49)28-10-6-9-25(13-28)14-29(26(20-50-31)17-35(11-12-35)37(41,42)43)24(3)16-34(4)18-27(19-34)44-21-36(38,39)40/h5-10,13,15,24,26-27,29,44H,11-12,14,16-21H2,1-4H3,(H,45,46,47)/t24?,26-,27-,29?,34-/m1/s1. The molecule has 0 radical (unpaired) electrons. The van der Waals surface area contributed by atoms with Gasteiger partial charge in [-0.25, -0.2) is 18.1 Å². The van der Waals surface area contributed by atoms with Crippen molar-refractivity contribution in [2.45, 2.75) is 95.9 Å². The molecule has 3 atom stereocenters. The molecule has 0 amide bonds. The highest BCUT2D eigenvalue weighted by Gasteiger charge is 2.64. The number of nitrogens with one attached hydrogen (secondary N) is 2. The molecule has 1 aliphatic heterocycles. The second-order valence-electron chi connectivity index (χ2n) is 15.4. The lowest BCUT2D eigenvalue weighted by Gasteiger charge is -2.49. The first-order chi connectivity index (χ1) is 23.7. The summed E-state index contributed by atoms with van der Waals surface area (Å²) in [5.41, 5.74) is 1.41. The van der Waals surface area contributed by atoms with Crippen LogP contribution in [-0.2, 0) is 16.4 Å². The van der Waals surface area contributed by atoms with Crippen molar-refractivity contribution in [1.82, 2.24) is 15.3 Å². The summed E-state index contributed by atoms with van der Waals surface area (Å²) in [5.74, 6) is -1.36. The van der Waals surface area contributed by atoms with Crippen LogP contribution in [0.4, 0.5) is 32.3 Å². The summed E-state index contributed by atoms with van der Waals surface area (Å²) < 4.78 is 118. The van der Waals surface area contributed by atoms with Crippen molar-refractivity contribution < 1.29 is 39.5 Å². The molecule has 0 spiro atoms. The number of hydrogen-bond donors (Lipinski definition) is 2. The van der Waals surface area contributed by atoms with Gasteiger partial charge in [0.1, 0.15) is 0 Å². The molecule has 2 unspecified atom stereocenters. The van der Waals surface area contributed by atoms with Crippen LogP contribution in [0.3, 0.4) is 0 Å². The van der Waals surface area contributed by atoms with E-state index >= 15 is 0 Å². The molecule has 4 bridgehead atoms. The lowest BCUT2D eigenvalue weighted by atomic mass is 9.60. The van der Waals surface area contributed by atoms with Gasteiger partial charge in [-0.05, 0) is 111 Å². The minimum atomic E-state index is -4.41. The molecule has 2 aromatic carbocycles. The number of nitrogens with zero attached hydrogens (tertiary/aromatic N) is 2.